The molecular weight excluding hydrogens is 212 g/mol. The van der Waals surface area contributed by atoms with Gasteiger partial charge in [0.2, 0.25) is 0 Å². The summed E-state index contributed by atoms with van der Waals surface area (Å²) >= 11 is 0. The number of ether oxygens (including phenoxy) is 1. The summed E-state index contributed by atoms with van der Waals surface area (Å²) in [4.78, 5) is 0. The van der Waals surface area contributed by atoms with Crippen LogP contribution in [0.1, 0.15) is 24.3 Å². The maximum Gasteiger partial charge on any atom is 0.142 e. The second kappa shape index (κ2) is 4.57. The van der Waals surface area contributed by atoms with Crippen LogP contribution in [0.3, 0.4) is 0 Å². The monoisotopic (exact) mass is 232 g/mol. The van der Waals surface area contributed by atoms with Crippen LogP contribution in [0, 0.1) is 5.92 Å². The highest BCUT2D eigenvalue weighted by Crippen LogP contribution is 2.43. The van der Waals surface area contributed by atoms with Gasteiger partial charge in [-0.2, -0.15) is 0 Å². The Morgan fingerprint density at radius 1 is 1.24 bits per heavy atom. The molecule has 3 nitrogen and oxygen atoms in total. The molecule has 1 unspecified atom stereocenters. The predicted molar refractivity (Wildman–Crippen MR) is 69.8 cm³/mol. The van der Waals surface area contributed by atoms with Crippen LogP contribution in [-0.2, 0) is 0 Å². The van der Waals surface area contributed by atoms with Crippen molar-refractivity contribution in [1.29, 1.82) is 0 Å². The van der Waals surface area contributed by atoms with Gasteiger partial charge in [0.15, 0.2) is 0 Å². The van der Waals surface area contributed by atoms with Gasteiger partial charge in [-0.1, -0.05) is 12.1 Å². The summed E-state index contributed by atoms with van der Waals surface area (Å²) in [5.41, 5.74) is 2.68. The normalized spacial score (nSPS) is 24.2. The Kier molecular flexibility index (Phi) is 2.93. The van der Waals surface area contributed by atoms with Crippen molar-refractivity contribution in [2.24, 2.45) is 5.92 Å². The number of methoxy groups -OCH3 is 1. The van der Waals surface area contributed by atoms with Crippen molar-refractivity contribution >= 4 is 5.69 Å². The first kappa shape index (κ1) is 10.9. The predicted octanol–water partition coefficient (Wildman–Crippen LogP) is 2.20. The molecule has 0 spiro atoms. The second-order valence-electron chi connectivity index (χ2n) is 5.00. The number of rotatable bonds is 2. The summed E-state index contributed by atoms with van der Waals surface area (Å²) in [7, 11) is 1.75. The van der Waals surface area contributed by atoms with Crippen molar-refractivity contribution < 1.29 is 4.74 Å². The van der Waals surface area contributed by atoms with Crippen LogP contribution in [0.15, 0.2) is 18.2 Å². The molecule has 17 heavy (non-hydrogen) atoms. The lowest BCUT2D eigenvalue weighted by Crippen LogP contribution is -2.31. The zero-order valence-electron chi connectivity index (χ0n) is 10.3. The molecule has 0 aliphatic carbocycles. The van der Waals surface area contributed by atoms with Gasteiger partial charge in [0.1, 0.15) is 5.75 Å². The quantitative estimate of drug-likeness (QED) is 0.820. The van der Waals surface area contributed by atoms with Crippen LogP contribution >= 0.6 is 0 Å². The summed E-state index contributed by atoms with van der Waals surface area (Å²) in [5.74, 6) is 2.47. The van der Waals surface area contributed by atoms with Crippen LogP contribution < -0.4 is 15.4 Å². The molecule has 0 amide bonds. The molecule has 1 fully saturated rings. The highest BCUT2D eigenvalue weighted by molar-refractivity contribution is 5.67. The maximum atomic E-state index is 5.42. The fourth-order valence-corrected chi connectivity index (χ4v) is 3.21. The minimum Gasteiger partial charge on any atom is -0.495 e. The van der Waals surface area contributed by atoms with E-state index in [0.717, 1.165) is 18.2 Å². The standard InChI is InChI=1S/C14H20N2O/c1-17-13-4-2-3-11-12(9-16-14(11)13)10-5-7-15-8-6-10/h2-4,10,12,15-16H,5-9H2,1H3. The third-order valence-corrected chi connectivity index (χ3v) is 4.13. The molecule has 0 bridgehead atoms. The van der Waals surface area contributed by atoms with Gasteiger partial charge < -0.3 is 15.4 Å². The van der Waals surface area contributed by atoms with E-state index < -0.39 is 0 Å². The molecule has 92 valence electrons. The summed E-state index contributed by atoms with van der Waals surface area (Å²) in [5, 5.41) is 6.96. The SMILES string of the molecule is COc1cccc2c1NCC2C1CCNCC1. The molecule has 0 saturated carbocycles. The molecule has 3 rings (SSSR count). The summed E-state index contributed by atoms with van der Waals surface area (Å²) in [6.45, 7) is 3.40. The van der Waals surface area contributed by atoms with Gasteiger partial charge in [-0.25, -0.2) is 0 Å². The van der Waals surface area contributed by atoms with Gasteiger partial charge in [-0.15, -0.1) is 0 Å². The Bertz CT molecular complexity index is 399. The lowest BCUT2D eigenvalue weighted by Gasteiger charge is -2.28. The van der Waals surface area contributed by atoms with E-state index in [1.165, 1.54) is 37.2 Å². The van der Waals surface area contributed by atoms with E-state index >= 15 is 0 Å². The summed E-state index contributed by atoms with van der Waals surface area (Å²) < 4.78 is 5.42. The second-order valence-corrected chi connectivity index (χ2v) is 5.00. The van der Waals surface area contributed by atoms with Gasteiger partial charge in [-0.05, 0) is 43.5 Å². The van der Waals surface area contributed by atoms with E-state index in [1.807, 2.05) is 6.07 Å². The van der Waals surface area contributed by atoms with Crippen molar-refractivity contribution in [3.05, 3.63) is 23.8 Å². The molecular formula is C14H20N2O. The van der Waals surface area contributed by atoms with Gasteiger partial charge in [0.25, 0.3) is 0 Å². The van der Waals surface area contributed by atoms with E-state index in [-0.39, 0.29) is 0 Å². The number of hydrogen-bond donors (Lipinski definition) is 2. The van der Waals surface area contributed by atoms with Gasteiger partial charge >= 0.3 is 0 Å². The summed E-state index contributed by atoms with van der Waals surface area (Å²) in [6, 6.07) is 6.40. The lowest BCUT2D eigenvalue weighted by molar-refractivity contribution is 0.330. The molecule has 2 aliphatic rings. The van der Waals surface area contributed by atoms with Gasteiger partial charge in [0, 0.05) is 12.5 Å². The molecule has 2 heterocycles. The number of piperidine rings is 1. The zero-order chi connectivity index (χ0) is 11.7. The highest BCUT2D eigenvalue weighted by Gasteiger charge is 2.31. The Morgan fingerprint density at radius 3 is 2.82 bits per heavy atom. The lowest BCUT2D eigenvalue weighted by atomic mass is 9.81. The third kappa shape index (κ3) is 1.89. The fraction of sp³-hybridized carbons (Fsp3) is 0.571. The molecule has 2 aliphatic heterocycles. The van der Waals surface area contributed by atoms with Crippen LogP contribution in [0.25, 0.3) is 0 Å². The van der Waals surface area contributed by atoms with E-state index in [1.54, 1.807) is 7.11 Å². The Hall–Kier alpha value is -1.22. The molecule has 2 N–H and O–H groups in total. The number of para-hydroxylation sites is 1. The Balaban J connectivity index is 1.87. The van der Waals surface area contributed by atoms with Crippen molar-refractivity contribution in [1.82, 2.24) is 5.32 Å². The summed E-state index contributed by atoms with van der Waals surface area (Å²) in [6.07, 6.45) is 2.59. The first-order valence-corrected chi connectivity index (χ1v) is 6.51. The minimum atomic E-state index is 0.669. The average molecular weight is 232 g/mol. The minimum absolute atomic E-state index is 0.669. The first-order valence-electron chi connectivity index (χ1n) is 6.51. The van der Waals surface area contributed by atoms with Gasteiger partial charge in [0.05, 0.1) is 12.8 Å². The largest absolute Gasteiger partial charge is 0.495 e. The molecule has 1 atom stereocenters. The Labute approximate surface area is 103 Å². The van der Waals surface area contributed by atoms with Gasteiger partial charge in [-0.3, -0.25) is 0 Å². The number of benzene rings is 1. The number of nitrogens with one attached hydrogen (secondary N) is 2. The average Bonchev–Trinajstić information content (AvgIpc) is 2.83. The highest BCUT2D eigenvalue weighted by atomic mass is 16.5. The van der Waals surface area contributed by atoms with Crippen LogP contribution in [0.4, 0.5) is 5.69 Å². The smallest absolute Gasteiger partial charge is 0.142 e. The van der Waals surface area contributed by atoms with Crippen molar-refractivity contribution in [3.8, 4) is 5.75 Å². The topological polar surface area (TPSA) is 33.3 Å². The van der Waals surface area contributed by atoms with Crippen molar-refractivity contribution in [2.45, 2.75) is 18.8 Å². The molecule has 0 aromatic heterocycles. The third-order valence-electron chi connectivity index (χ3n) is 4.13. The van der Waals surface area contributed by atoms with Crippen LogP contribution in [0.5, 0.6) is 5.75 Å². The van der Waals surface area contributed by atoms with E-state index in [9.17, 15) is 0 Å². The molecule has 1 saturated heterocycles. The molecule has 1 aromatic rings. The van der Waals surface area contributed by atoms with Crippen LogP contribution in [-0.4, -0.2) is 26.7 Å². The van der Waals surface area contributed by atoms with Crippen LogP contribution in [0.2, 0.25) is 0 Å². The number of fused-ring (bicyclic) bond motifs is 1. The molecule has 3 heteroatoms. The van der Waals surface area contributed by atoms with Crippen molar-refractivity contribution in [3.63, 3.8) is 0 Å². The first-order chi connectivity index (χ1) is 8.40. The molecule has 0 radical (unpaired) electrons. The van der Waals surface area contributed by atoms with E-state index in [2.05, 4.69) is 22.8 Å². The fourth-order valence-electron chi connectivity index (χ4n) is 3.21. The van der Waals surface area contributed by atoms with E-state index in [4.69, 9.17) is 4.74 Å². The Morgan fingerprint density at radius 2 is 2.06 bits per heavy atom. The maximum absolute atomic E-state index is 5.42. The molecule has 1 aromatic carbocycles. The zero-order valence-corrected chi connectivity index (χ0v) is 10.3. The number of anilines is 1. The number of hydrogen-bond acceptors (Lipinski definition) is 3. The van der Waals surface area contributed by atoms with Crippen molar-refractivity contribution in [2.75, 3.05) is 32.1 Å². The van der Waals surface area contributed by atoms with E-state index in [0.29, 0.717) is 5.92 Å².